The van der Waals surface area contributed by atoms with Crippen LogP contribution in [0.15, 0.2) is 45.8 Å². The molecule has 3 rings (SSSR count). The molecule has 29 heavy (non-hydrogen) atoms. The fraction of sp³-hybridized carbons (Fsp3) is 0.250. The number of nitrogens with one attached hydrogen (secondary N) is 2. The number of hydrogen-bond acceptors (Lipinski definition) is 4. The lowest BCUT2D eigenvalue weighted by Gasteiger charge is -2.25. The lowest BCUT2D eigenvalue weighted by Crippen LogP contribution is -2.39. The molecule has 1 aliphatic heterocycles. The number of carbonyl (C=O) groups is 3. The van der Waals surface area contributed by atoms with Crippen LogP contribution in [0.3, 0.4) is 0 Å². The third-order valence-electron chi connectivity index (χ3n) is 4.39. The van der Waals surface area contributed by atoms with Crippen LogP contribution in [-0.2, 0) is 14.4 Å². The third-order valence-corrected chi connectivity index (χ3v) is 6.39. The summed E-state index contributed by atoms with van der Waals surface area (Å²) in [4.78, 5) is 39.4. The Morgan fingerprint density at radius 3 is 2.76 bits per heavy atom. The average molecular weight is 497 g/mol. The highest BCUT2D eigenvalue weighted by Crippen LogP contribution is 2.38. The van der Waals surface area contributed by atoms with Crippen molar-refractivity contribution in [3.05, 3.63) is 51.5 Å². The van der Waals surface area contributed by atoms with Crippen LogP contribution in [-0.4, -0.2) is 41.5 Å². The van der Waals surface area contributed by atoms with Crippen molar-refractivity contribution >= 4 is 68.4 Å². The predicted octanol–water partition coefficient (Wildman–Crippen LogP) is 4.31. The molecule has 6 nitrogen and oxygen atoms in total. The van der Waals surface area contributed by atoms with Crippen molar-refractivity contribution < 1.29 is 14.4 Å². The van der Waals surface area contributed by atoms with Crippen LogP contribution < -0.4 is 10.6 Å². The summed E-state index contributed by atoms with van der Waals surface area (Å²) in [6.45, 7) is 1.79. The molecular formula is C20H19BrClN3O3S. The summed E-state index contributed by atoms with van der Waals surface area (Å²) in [6.07, 6.45) is -0.000339. The van der Waals surface area contributed by atoms with E-state index in [1.54, 1.807) is 25.2 Å². The summed E-state index contributed by atoms with van der Waals surface area (Å²) in [5, 5.41) is 5.56. The van der Waals surface area contributed by atoms with Gasteiger partial charge in [-0.15, -0.1) is 11.8 Å². The van der Waals surface area contributed by atoms with E-state index in [0.29, 0.717) is 16.4 Å². The molecule has 9 heteroatoms. The third kappa shape index (κ3) is 5.52. The first-order chi connectivity index (χ1) is 13.7. The van der Waals surface area contributed by atoms with Crippen molar-refractivity contribution in [3.8, 4) is 0 Å². The molecule has 0 radical (unpaired) electrons. The van der Waals surface area contributed by atoms with Crippen LogP contribution in [0.5, 0.6) is 0 Å². The molecule has 1 aliphatic rings. The minimum Gasteiger partial charge on any atom is -0.336 e. The van der Waals surface area contributed by atoms with Crippen LogP contribution in [0.4, 0.5) is 11.4 Å². The summed E-state index contributed by atoms with van der Waals surface area (Å²) in [5.41, 5.74) is 2.25. The second kappa shape index (κ2) is 9.19. The standard InChI is InChI=1S/C20H19BrClN3O3S/c1-11-7-12(21)3-5-14(11)23-18(26)10-25(2)19(27)9-17-20(28)24-15-8-13(22)4-6-16(15)29-17/h3-8,17H,9-10H2,1-2H3,(H,23,26)(H,24,28)/t17-/m1/s1. The maximum atomic E-state index is 12.5. The van der Waals surface area contributed by atoms with Crippen LogP contribution in [0, 0.1) is 6.92 Å². The van der Waals surface area contributed by atoms with Gasteiger partial charge in [-0.2, -0.15) is 0 Å². The number of nitrogens with zero attached hydrogens (tertiary/aromatic N) is 1. The fourth-order valence-electron chi connectivity index (χ4n) is 2.83. The quantitative estimate of drug-likeness (QED) is 0.646. The summed E-state index contributed by atoms with van der Waals surface area (Å²) in [5.74, 6) is -0.828. The van der Waals surface area contributed by atoms with E-state index in [1.165, 1.54) is 16.7 Å². The van der Waals surface area contributed by atoms with Gasteiger partial charge in [0.05, 0.1) is 17.5 Å². The molecule has 152 valence electrons. The average Bonchev–Trinajstić information content (AvgIpc) is 2.64. The molecule has 0 saturated carbocycles. The molecule has 1 heterocycles. The van der Waals surface area contributed by atoms with Crippen molar-refractivity contribution in [3.63, 3.8) is 0 Å². The number of carbonyl (C=O) groups excluding carboxylic acids is 3. The largest absolute Gasteiger partial charge is 0.336 e. The van der Waals surface area contributed by atoms with Crippen molar-refractivity contribution in [2.24, 2.45) is 0 Å². The van der Waals surface area contributed by atoms with Crippen molar-refractivity contribution in [2.75, 3.05) is 24.2 Å². The molecule has 0 spiro atoms. The van der Waals surface area contributed by atoms with E-state index in [9.17, 15) is 14.4 Å². The number of anilines is 2. The number of thioether (sulfide) groups is 1. The van der Waals surface area contributed by atoms with Crippen molar-refractivity contribution in [1.29, 1.82) is 0 Å². The Labute approximate surface area is 186 Å². The van der Waals surface area contributed by atoms with E-state index in [-0.39, 0.29) is 30.7 Å². The molecular weight excluding hydrogens is 478 g/mol. The first-order valence-corrected chi connectivity index (χ1v) is 10.8. The van der Waals surface area contributed by atoms with Gasteiger partial charge < -0.3 is 15.5 Å². The second-order valence-electron chi connectivity index (χ2n) is 6.70. The topological polar surface area (TPSA) is 78.5 Å². The maximum Gasteiger partial charge on any atom is 0.243 e. The smallest absolute Gasteiger partial charge is 0.243 e. The Bertz CT molecular complexity index is 985. The minimum atomic E-state index is -0.560. The number of likely N-dealkylation sites (N-methyl/N-ethyl adjacent to an activating group) is 1. The SMILES string of the molecule is Cc1cc(Br)ccc1NC(=O)CN(C)C(=O)C[C@H]1Sc2ccc(Cl)cc2NC1=O. The summed E-state index contributed by atoms with van der Waals surface area (Å²) < 4.78 is 0.924. The van der Waals surface area contributed by atoms with Gasteiger partial charge in [-0.05, 0) is 48.9 Å². The number of benzene rings is 2. The monoisotopic (exact) mass is 495 g/mol. The molecule has 2 aromatic carbocycles. The number of halogens is 2. The summed E-state index contributed by atoms with van der Waals surface area (Å²) in [7, 11) is 1.55. The first-order valence-electron chi connectivity index (χ1n) is 8.80. The van der Waals surface area contributed by atoms with Crippen molar-refractivity contribution in [1.82, 2.24) is 4.90 Å². The van der Waals surface area contributed by atoms with E-state index in [4.69, 9.17) is 11.6 Å². The Morgan fingerprint density at radius 2 is 2.03 bits per heavy atom. The minimum absolute atomic E-state index is 0.000339. The van der Waals surface area contributed by atoms with Crippen molar-refractivity contribution in [2.45, 2.75) is 23.5 Å². The zero-order chi connectivity index (χ0) is 21.1. The molecule has 0 aromatic heterocycles. The Hall–Kier alpha value is -2.03. The molecule has 0 bridgehead atoms. The van der Waals surface area contributed by atoms with Gasteiger partial charge >= 0.3 is 0 Å². The molecule has 1 atom stereocenters. The number of amides is 3. The van der Waals surface area contributed by atoms with Gasteiger partial charge in [0.25, 0.3) is 0 Å². The van der Waals surface area contributed by atoms with Gasteiger partial charge in [-0.3, -0.25) is 14.4 Å². The van der Waals surface area contributed by atoms with Gasteiger partial charge in [-0.25, -0.2) is 0 Å². The highest BCUT2D eigenvalue weighted by Gasteiger charge is 2.30. The Balaban J connectivity index is 1.57. The molecule has 2 aromatic rings. The van der Waals surface area contributed by atoms with E-state index in [1.807, 2.05) is 25.1 Å². The maximum absolute atomic E-state index is 12.5. The number of fused-ring (bicyclic) bond motifs is 1. The Kier molecular flexibility index (Phi) is 6.87. The lowest BCUT2D eigenvalue weighted by atomic mass is 10.2. The highest BCUT2D eigenvalue weighted by molar-refractivity contribution is 9.10. The van der Waals surface area contributed by atoms with E-state index < -0.39 is 5.25 Å². The molecule has 0 fully saturated rings. The normalized spacial score (nSPS) is 15.3. The predicted molar refractivity (Wildman–Crippen MR) is 119 cm³/mol. The van der Waals surface area contributed by atoms with E-state index in [0.717, 1.165) is 14.9 Å². The molecule has 0 unspecified atom stereocenters. The van der Waals surface area contributed by atoms with Gasteiger partial charge in [0.2, 0.25) is 17.7 Å². The number of rotatable bonds is 5. The lowest BCUT2D eigenvalue weighted by molar-refractivity contribution is -0.134. The Morgan fingerprint density at radius 1 is 1.28 bits per heavy atom. The van der Waals surface area contributed by atoms with Gasteiger partial charge in [0.1, 0.15) is 0 Å². The fourth-order valence-corrected chi connectivity index (χ4v) is 4.56. The molecule has 0 aliphatic carbocycles. The number of hydrogen-bond donors (Lipinski definition) is 2. The number of aryl methyl sites for hydroxylation is 1. The molecule has 0 saturated heterocycles. The van der Waals surface area contributed by atoms with Crippen LogP contribution >= 0.6 is 39.3 Å². The first kappa shape index (κ1) is 21.7. The van der Waals surface area contributed by atoms with Crippen LogP contribution in [0.1, 0.15) is 12.0 Å². The summed E-state index contributed by atoms with van der Waals surface area (Å²) in [6, 6.07) is 10.8. The van der Waals surface area contributed by atoms with E-state index in [2.05, 4.69) is 26.6 Å². The van der Waals surface area contributed by atoms with E-state index >= 15 is 0 Å². The van der Waals surface area contributed by atoms with Crippen LogP contribution in [0.25, 0.3) is 0 Å². The van der Waals surface area contributed by atoms with Gasteiger partial charge in [-0.1, -0.05) is 27.5 Å². The second-order valence-corrected chi connectivity index (χ2v) is 9.29. The molecule has 2 N–H and O–H groups in total. The van der Waals surface area contributed by atoms with Gasteiger partial charge in [0, 0.05) is 33.5 Å². The zero-order valence-electron chi connectivity index (χ0n) is 15.8. The van der Waals surface area contributed by atoms with Gasteiger partial charge in [0.15, 0.2) is 0 Å². The molecule has 3 amide bonds. The summed E-state index contributed by atoms with van der Waals surface area (Å²) >= 11 is 10.7. The highest BCUT2D eigenvalue weighted by atomic mass is 79.9. The zero-order valence-corrected chi connectivity index (χ0v) is 19.0. The van der Waals surface area contributed by atoms with Crippen LogP contribution in [0.2, 0.25) is 5.02 Å².